The molecule has 2 aromatic rings. The molecule has 1 fully saturated rings. The number of benzene rings is 2. The number of phenolic OH excluding ortho intramolecular Hbond substituents is 1. The van der Waals surface area contributed by atoms with Crippen molar-refractivity contribution in [3.05, 3.63) is 48.0 Å². The molecule has 0 amide bonds. The predicted molar refractivity (Wildman–Crippen MR) is 102 cm³/mol. The van der Waals surface area contributed by atoms with Gasteiger partial charge in [0.2, 0.25) is 0 Å². The standard InChI is InChI=1S/C19H24N2O4S/c1-13-4-9-18(22)19(10-13)26(23,24)20-16-5-7-17(8-6-16)21-11-14(2)25-15(3)12-21/h4-10,14-15,20,22H,11-12H2,1-3H3/t14-,15-/m0/s1. The van der Waals surface area contributed by atoms with Crippen LogP contribution in [0.5, 0.6) is 5.75 Å². The molecule has 0 aromatic heterocycles. The lowest BCUT2D eigenvalue weighted by molar-refractivity contribution is -0.00521. The van der Waals surface area contributed by atoms with Crippen molar-refractivity contribution in [1.29, 1.82) is 0 Å². The van der Waals surface area contributed by atoms with Gasteiger partial charge in [-0.15, -0.1) is 0 Å². The topological polar surface area (TPSA) is 78.9 Å². The molecule has 140 valence electrons. The molecule has 2 aromatic carbocycles. The zero-order chi connectivity index (χ0) is 18.9. The Morgan fingerprint density at radius 3 is 2.31 bits per heavy atom. The largest absolute Gasteiger partial charge is 0.507 e. The van der Waals surface area contributed by atoms with E-state index in [1.54, 1.807) is 25.1 Å². The van der Waals surface area contributed by atoms with E-state index in [4.69, 9.17) is 4.74 Å². The fourth-order valence-electron chi connectivity index (χ4n) is 3.18. The molecule has 1 saturated heterocycles. The summed E-state index contributed by atoms with van der Waals surface area (Å²) in [7, 11) is -3.86. The first-order chi connectivity index (χ1) is 12.2. The minimum Gasteiger partial charge on any atom is -0.507 e. The maximum atomic E-state index is 12.5. The third kappa shape index (κ3) is 4.11. The normalized spacial score (nSPS) is 20.8. The van der Waals surface area contributed by atoms with E-state index in [-0.39, 0.29) is 22.9 Å². The lowest BCUT2D eigenvalue weighted by Crippen LogP contribution is -2.45. The number of sulfonamides is 1. The van der Waals surface area contributed by atoms with Gasteiger partial charge >= 0.3 is 0 Å². The van der Waals surface area contributed by atoms with Gasteiger partial charge in [0.1, 0.15) is 10.6 Å². The molecule has 3 rings (SSSR count). The number of rotatable bonds is 4. The van der Waals surface area contributed by atoms with Gasteiger partial charge in [-0.25, -0.2) is 8.42 Å². The van der Waals surface area contributed by atoms with Crippen LogP contribution in [0, 0.1) is 6.92 Å². The summed E-state index contributed by atoms with van der Waals surface area (Å²) in [6.45, 7) is 7.45. The Morgan fingerprint density at radius 1 is 1.08 bits per heavy atom. The SMILES string of the molecule is Cc1ccc(O)c(S(=O)(=O)Nc2ccc(N3C[C@H](C)O[C@@H](C)C3)cc2)c1. The van der Waals surface area contributed by atoms with Crippen LogP contribution in [0.3, 0.4) is 0 Å². The molecule has 1 aliphatic rings. The maximum absolute atomic E-state index is 12.5. The van der Waals surface area contributed by atoms with E-state index in [9.17, 15) is 13.5 Å². The molecule has 0 aliphatic carbocycles. The van der Waals surface area contributed by atoms with E-state index >= 15 is 0 Å². The second kappa shape index (κ2) is 7.17. The molecule has 1 heterocycles. The summed E-state index contributed by atoms with van der Waals surface area (Å²) in [5.41, 5.74) is 2.23. The minimum absolute atomic E-state index is 0.127. The Morgan fingerprint density at radius 2 is 1.69 bits per heavy atom. The van der Waals surface area contributed by atoms with Crippen molar-refractivity contribution in [3.63, 3.8) is 0 Å². The first-order valence-corrected chi connectivity index (χ1v) is 10.1. The van der Waals surface area contributed by atoms with Crippen LogP contribution in [0.1, 0.15) is 19.4 Å². The Bertz CT molecular complexity index is 871. The Hall–Kier alpha value is -2.25. The van der Waals surface area contributed by atoms with Crippen molar-refractivity contribution >= 4 is 21.4 Å². The molecule has 0 bridgehead atoms. The summed E-state index contributed by atoms with van der Waals surface area (Å²) in [5, 5.41) is 9.87. The molecule has 6 nitrogen and oxygen atoms in total. The molecule has 1 aliphatic heterocycles. The summed E-state index contributed by atoms with van der Waals surface area (Å²) >= 11 is 0. The zero-order valence-corrected chi connectivity index (χ0v) is 16.0. The van der Waals surface area contributed by atoms with Crippen LogP contribution in [-0.2, 0) is 14.8 Å². The van der Waals surface area contributed by atoms with Gasteiger partial charge in [0.15, 0.2) is 0 Å². The summed E-state index contributed by atoms with van der Waals surface area (Å²) < 4.78 is 33.4. The molecule has 0 unspecified atom stereocenters. The van der Waals surface area contributed by atoms with Gasteiger partial charge in [-0.3, -0.25) is 4.72 Å². The third-order valence-electron chi connectivity index (χ3n) is 4.31. The van der Waals surface area contributed by atoms with Crippen LogP contribution >= 0.6 is 0 Å². The number of hydrogen-bond donors (Lipinski definition) is 2. The average Bonchev–Trinajstić information content (AvgIpc) is 2.56. The molecule has 0 radical (unpaired) electrons. The summed E-state index contributed by atoms with van der Waals surface area (Å²) in [4.78, 5) is 2.10. The number of ether oxygens (including phenoxy) is 1. The maximum Gasteiger partial charge on any atom is 0.265 e. The van der Waals surface area contributed by atoms with Crippen LogP contribution in [-0.4, -0.2) is 38.8 Å². The van der Waals surface area contributed by atoms with Gasteiger partial charge in [0, 0.05) is 24.5 Å². The van der Waals surface area contributed by atoms with Crippen molar-refractivity contribution in [2.24, 2.45) is 0 Å². The van der Waals surface area contributed by atoms with E-state index in [2.05, 4.69) is 9.62 Å². The van der Waals surface area contributed by atoms with Crippen molar-refractivity contribution in [1.82, 2.24) is 0 Å². The van der Waals surface area contributed by atoms with E-state index in [1.807, 2.05) is 26.0 Å². The monoisotopic (exact) mass is 376 g/mol. The van der Waals surface area contributed by atoms with Gasteiger partial charge in [0.25, 0.3) is 10.0 Å². The molecule has 26 heavy (non-hydrogen) atoms. The zero-order valence-electron chi connectivity index (χ0n) is 15.1. The lowest BCUT2D eigenvalue weighted by atomic mass is 10.2. The highest BCUT2D eigenvalue weighted by Gasteiger charge is 2.23. The van der Waals surface area contributed by atoms with Gasteiger partial charge in [-0.2, -0.15) is 0 Å². The molecule has 7 heteroatoms. The molecular formula is C19H24N2O4S. The van der Waals surface area contributed by atoms with Gasteiger partial charge in [-0.1, -0.05) is 6.07 Å². The third-order valence-corrected chi connectivity index (χ3v) is 5.72. The number of nitrogens with zero attached hydrogens (tertiary/aromatic N) is 1. The van der Waals surface area contributed by atoms with E-state index in [0.29, 0.717) is 5.69 Å². The van der Waals surface area contributed by atoms with Crippen LogP contribution < -0.4 is 9.62 Å². The molecule has 2 N–H and O–H groups in total. The van der Waals surface area contributed by atoms with Gasteiger partial charge in [0.05, 0.1) is 12.2 Å². The van der Waals surface area contributed by atoms with Crippen LogP contribution in [0.4, 0.5) is 11.4 Å². The van der Waals surface area contributed by atoms with Gasteiger partial charge in [-0.05, 0) is 62.7 Å². The quantitative estimate of drug-likeness (QED) is 0.857. The molecule has 0 saturated carbocycles. The molecule has 2 atom stereocenters. The Balaban J connectivity index is 1.78. The first kappa shape index (κ1) is 18.5. The Labute approximate surface area is 154 Å². The minimum atomic E-state index is -3.86. The number of aromatic hydroxyl groups is 1. The second-order valence-electron chi connectivity index (χ2n) is 6.79. The highest BCUT2D eigenvalue weighted by molar-refractivity contribution is 7.92. The number of nitrogens with one attached hydrogen (secondary N) is 1. The van der Waals surface area contributed by atoms with Gasteiger partial charge < -0.3 is 14.7 Å². The van der Waals surface area contributed by atoms with Crippen molar-refractivity contribution in [2.45, 2.75) is 37.9 Å². The highest BCUT2D eigenvalue weighted by Crippen LogP contribution is 2.27. The lowest BCUT2D eigenvalue weighted by Gasteiger charge is -2.36. The van der Waals surface area contributed by atoms with E-state index in [0.717, 1.165) is 24.3 Å². The summed E-state index contributed by atoms with van der Waals surface area (Å²) in [5.74, 6) is -0.268. The number of phenols is 1. The number of anilines is 2. The van der Waals surface area contributed by atoms with Crippen LogP contribution in [0.15, 0.2) is 47.4 Å². The van der Waals surface area contributed by atoms with Crippen LogP contribution in [0.2, 0.25) is 0 Å². The number of morpholine rings is 1. The van der Waals surface area contributed by atoms with Crippen molar-refractivity contribution < 1.29 is 18.3 Å². The first-order valence-electron chi connectivity index (χ1n) is 8.57. The summed E-state index contributed by atoms with van der Waals surface area (Å²) in [6.07, 6.45) is 0.308. The van der Waals surface area contributed by atoms with E-state index in [1.165, 1.54) is 12.1 Å². The second-order valence-corrected chi connectivity index (χ2v) is 8.44. The number of hydrogen-bond acceptors (Lipinski definition) is 5. The molecular weight excluding hydrogens is 352 g/mol. The highest BCUT2D eigenvalue weighted by atomic mass is 32.2. The number of aryl methyl sites for hydroxylation is 1. The van der Waals surface area contributed by atoms with E-state index < -0.39 is 10.0 Å². The smallest absolute Gasteiger partial charge is 0.265 e. The van der Waals surface area contributed by atoms with Crippen molar-refractivity contribution in [2.75, 3.05) is 22.7 Å². The Kier molecular flexibility index (Phi) is 5.11. The van der Waals surface area contributed by atoms with Crippen LogP contribution in [0.25, 0.3) is 0 Å². The fraction of sp³-hybridized carbons (Fsp3) is 0.368. The molecule has 0 spiro atoms. The average molecular weight is 376 g/mol. The predicted octanol–water partition coefficient (Wildman–Crippen LogP) is 3.12. The van der Waals surface area contributed by atoms with Crippen molar-refractivity contribution in [3.8, 4) is 5.75 Å². The summed E-state index contributed by atoms with van der Waals surface area (Å²) in [6, 6.07) is 11.7. The fourth-order valence-corrected chi connectivity index (χ4v) is 4.42.